The van der Waals surface area contributed by atoms with E-state index in [2.05, 4.69) is 33.1 Å². The van der Waals surface area contributed by atoms with Crippen molar-refractivity contribution in [3.63, 3.8) is 0 Å². The molecule has 1 radical (unpaired) electrons. The van der Waals surface area contributed by atoms with Gasteiger partial charge in [0.25, 0.3) is 0 Å². The minimum atomic E-state index is -0.879. The third kappa shape index (κ3) is 5.02. The summed E-state index contributed by atoms with van der Waals surface area (Å²) in [4.78, 5) is 7.52. The van der Waals surface area contributed by atoms with Gasteiger partial charge in [0.15, 0.2) is 0 Å². The van der Waals surface area contributed by atoms with Crippen LogP contribution in [0.15, 0.2) is 18.2 Å². The number of nitrogen functional groups attached to an aromatic ring is 1. The number of likely N-dealkylation sites (N-methyl/N-ethyl adjacent to an activating group) is 1. The van der Waals surface area contributed by atoms with Crippen LogP contribution in [0.25, 0.3) is 0 Å². The first-order valence-corrected chi connectivity index (χ1v) is 9.72. The van der Waals surface area contributed by atoms with E-state index in [9.17, 15) is 5.11 Å². The van der Waals surface area contributed by atoms with E-state index in [4.69, 9.17) is 5.73 Å². The Labute approximate surface area is 157 Å². The summed E-state index contributed by atoms with van der Waals surface area (Å²) in [6, 6.07) is 6.88. The smallest absolute Gasteiger partial charge is 0.0813 e. The Kier molecular flexibility index (Phi) is 5.95. The number of piperazine rings is 1. The summed E-state index contributed by atoms with van der Waals surface area (Å²) in [6.45, 7) is 12.1. The van der Waals surface area contributed by atoms with Crippen LogP contribution in [-0.4, -0.2) is 72.9 Å². The Morgan fingerprint density at radius 2 is 1.77 bits per heavy atom. The predicted molar refractivity (Wildman–Crippen MR) is 109 cm³/mol. The monoisotopic (exact) mass is 360 g/mol. The Bertz CT molecular complexity index is 584. The molecular formula is C20H34N5O. The molecule has 0 aromatic heterocycles. The lowest BCUT2D eigenvalue weighted by atomic mass is 10.0. The third-order valence-corrected chi connectivity index (χ3v) is 5.50. The normalized spacial score (nSPS) is 21.2. The molecule has 2 fully saturated rings. The van der Waals surface area contributed by atoms with Gasteiger partial charge in [-0.05, 0) is 51.9 Å². The summed E-state index contributed by atoms with van der Waals surface area (Å²) in [5, 5.41) is 12.9. The Hall–Kier alpha value is -1.50. The fourth-order valence-corrected chi connectivity index (χ4v) is 3.81. The van der Waals surface area contributed by atoms with Crippen molar-refractivity contribution < 1.29 is 5.11 Å². The van der Waals surface area contributed by atoms with Gasteiger partial charge in [0, 0.05) is 51.0 Å². The number of benzene rings is 1. The van der Waals surface area contributed by atoms with Gasteiger partial charge in [0.1, 0.15) is 0 Å². The number of rotatable bonds is 5. The third-order valence-electron chi connectivity index (χ3n) is 5.50. The first kappa shape index (κ1) is 19.3. The Morgan fingerprint density at radius 1 is 1.12 bits per heavy atom. The molecule has 0 atom stereocenters. The maximum absolute atomic E-state index is 9.80. The van der Waals surface area contributed by atoms with E-state index in [1.54, 1.807) is 20.4 Å². The number of piperidine rings is 1. The lowest BCUT2D eigenvalue weighted by molar-refractivity contribution is 0.0982. The van der Waals surface area contributed by atoms with Gasteiger partial charge in [0.2, 0.25) is 0 Å². The van der Waals surface area contributed by atoms with E-state index < -0.39 is 5.60 Å². The number of nitrogens with one attached hydrogen (secondary N) is 1. The van der Waals surface area contributed by atoms with Crippen molar-refractivity contribution in [3.8, 4) is 0 Å². The first-order valence-electron chi connectivity index (χ1n) is 9.72. The van der Waals surface area contributed by atoms with Gasteiger partial charge < -0.3 is 26.0 Å². The number of nitrogens with zero attached hydrogens (tertiary/aromatic N) is 3. The molecule has 1 aromatic rings. The molecule has 0 unspecified atom stereocenters. The molecule has 0 amide bonds. The molecule has 0 spiro atoms. The average molecular weight is 361 g/mol. The first-order chi connectivity index (χ1) is 12.3. The molecule has 2 aliphatic rings. The number of nitrogens with two attached hydrogens (primary N) is 1. The van der Waals surface area contributed by atoms with E-state index >= 15 is 0 Å². The van der Waals surface area contributed by atoms with Crippen LogP contribution in [0.5, 0.6) is 0 Å². The van der Waals surface area contributed by atoms with Gasteiger partial charge >= 0.3 is 0 Å². The van der Waals surface area contributed by atoms with Gasteiger partial charge in [-0.1, -0.05) is 0 Å². The number of hydrogen-bond donors (Lipinski definition) is 3. The van der Waals surface area contributed by atoms with Gasteiger partial charge in [-0.15, -0.1) is 0 Å². The molecule has 145 valence electrons. The number of anilines is 3. The summed E-state index contributed by atoms with van der Waals surface area (Å²) in [5.74, 6) is 0. The standard InChI is InChI=1S/C20H34N5O/c1-20(2,26)15-22-19-5-4-17(14-18(19)21)24-8-6-16(7-9-24)25-12-10-23(3)11-13-25/h4-5,14-16,22,26H,6-13,21H2,1-3H3. The zero-order valence-corrected chi connectivity index (χ0v) is 16.4. The maximum atomic E-state index is 9.80. The van der Waals surface area contributed by atoms with E-state index in [1.807, 2.05) is 12.1 Å². The largest absolute Gasteiger partial charge is 0.397 e. The van der Waals surface area contributed by atoms with Crippen LogP contribution >= 0.6 is 0 Å². The quantitative estimate of drug-likeness (QED) is 0.696. The molecule has 4 N–H and O–H groups in total. The summed E-state index contributed by atoms with van der Waals surface area (Å²) >= 11 is 0. The van der Waals surface area contributed by atoms with Crippen molar-refractivity contribution in [2.45, 2.75) is 38.3 Å². The highest BCUT2D eigenvalue weighted by Gasteiger charge is 2.26. The fourth-order valence-electron chi connectivity index (χ4n) is 3.81. The van der Waals surface area contributed by atoms with Crippen molar-refractivity contribution in [3.05, 3.63) is 24.7 Å². The number of hydrogen-bond acceptors (Lipinski definition) is 6. The van der Waals surface area contributed by atoms with Crippen LogP contribution in [0.3, 0.4) is 0 Å². The summed E-state index contributed by atoms with van der Waals surface area (Å²) in [7, 11) is 2.21. The van der Waals surface area contributed by atoms with Crippen LogP contribution < -0.4 is 16.0 Å². The van der Waals surface area contributed by atoms with Crippen LogP contribution in [0.2, 0.25) is 0 Å². The molecule has 0 saturated carbocycles. The van der Waals surface area contributed by atoms with Crippen molar-refractivity contribution in [1.29, 1.82) is 0 Å². The zero-order chi connectivity index (χ0) is 18.7. The topological polar surface area (TPSA) is 68.0 Å². The van der Waals surface area contributed by atoms with Crippen molar-refractivity contribution in [2.24, 2.45) is 0 Å². The molecule has 2 aliphatic heterocycles. The molecule has 26 heavy (non-hydrogen) atoms. The second kappa shape index (κ2) is 8.03. The van der Waals surface area contributed by atoms with E-state index in [-0.39, 0.29) is 0 Å². The highest BCUT2D eigenvalue weighted by atomic mass is 16.3. The molecule has 3 rings (SSSR count). The highest BCUT2D eigenvalue weighted by molar-refractivity contribution is 5.72. The SMILES string of the molecule is CN1CCN(C2CCN(c3ccc(N[CH]C(C)(C)O)c(N)c3)CC2)CC1. The molecule has 0 aliphatic carbocycles. The van der Waals surface area contributed by atoms with Gasteiger partial charge in [-0.3, -0.25) is 4.90 Å². The van der Waals surface area contributed by atoms with E-state index in [0.29, 0.717) is 5.69 Å². The minimum absolute atomic E-state index is 0.712. The second-order valence-electron chi connectivity index (χ2n) is 8.27. The van der Waals surface area contributed by atoms with Gasteiger partial charge in [-0.2, -0.15) is 0 Å². The van der Waals surface area contributed by atoms with Gasteiger partial charge in [-0.25, -0.2) is 0 Å². The molecule has 2 heterocycles. The lowest BCUT2D eigenvalue weighted by Gasteiger charge is -2.42. The molecule has 2 saturated heterocycles. The highest BCUT2D eigenvalue weighted by Crippen LogP contribution is 2.29. The lowest BCUT2D eigenvalue weighted by Crippen LogP contribution is -2.52. The summed E-state index contributed by atoms with van der Waals surface area (Å²) < 4.78 is 0. The van der Waals surface area contributed by atoms with E-state index in [0.717, 1.165) is 24.8 Å². The maximum Gasteiger partial charge on any atom is 0.0813 e. The summed E-state index contributed by atoms with van der Waals surface area (Å²) in [5.41, 5.74) is 8.07. The van der Waals surface area contributed by atoms with Crippen molar-refractivity contribution in [1.82, 2.24) is 9.80 Å². The number of aliphatic hydroxyl groups is 1. The predicted octanol–water partition coefficient (Wildman–Crippen LogP) is 1.83. The Morgan fingerprint density at radius 3 is 2.35 bits per heavy atom. The fraction of sp³-hybridized carbons (Fsp3) is 0.650. The zero-order valence-electron chi connectivity index (χ0n) is 16.4. The molecule has 6 nitrogen and oxygen atoms in total. The molecular weight excluding hydrogens is 326 g/mol. The average Bonchev–Trinajstić information content (AvgIpc) is 2.61. The van der Waals surface area contributed by atoms with Crippen LogP contribution in [0, 0.1) is 6.54 Å². The van der Waals surface area contributed by atoms with Crippen LogP contribution in [0.4, 0.5) is 17.1 Å². The minimum Gasteiger partial charge on any atom is -0.397 e. The van der Waals surface area contributed by atoms with Crippen molar-refractivity contribution in [2.75, 3.05) is 62.3 Å². The van der Waals surface area contributed by atoms with Crippen molar-refractivity contribution >= 4 is 17.1 Å². The Balaban J connectivity index is 1.53. The molecule has 0 bridgehead atoms. The van der Waals surface area contributed by atoms with Crippen LogP contribution in [0.1, 0.15) is 26.7 Å². The van der Waals surface area contributed by atoms with Crippen LogP contribution in [-0.2, 0) is 0 Å². The summed E-state index contributed by atoms with van der Waals surface area (Å²) in [6.07, 6.45) is 2.44. The molecule has 1 aromatic carbocycles. The second-order valence-corrected chi connectivity index (χ2v) is 8.27. The molecule has 6 heteroatoms. The van der Waals surface area contributed by atoms with E-state index in [1.165, 1.54) is 44.7 Å². The van der Waals surface area contributed by atoms with Gasteiger partial charge in [0.05, 0.1) is 23.5 Å².